The van der Waals surface area contributed by atoms with Crippen molar-refractivity contribution in [1.29, 1.82) is 0 Å². The van der Waals surface area contributed by atoms with Crippen LogP contribution in [0.1, 0.15) is 23.0 Å². The lowest BCUT2D eigenvalue weighted by molar-refractivity contribution is 0.0520. The molecule has 4 nitrogen and oxygen atoms in total. The standard InChI is InChI=1S/C13H15NO3/c1-4-17-13(15)10-7-9-5-6-11(16-3)8(2)12(9)14-10/h5-7,14H,4H2,1-3H3. The van der Waals surface area contributed by atoms with Gasteiger partial charge in [-0.2, -0.15) is 0 Å². The first-order valence-electron chi connectivity index (χ1n) is 5.50. The molecule has 0 aliphatic carbocycles. The number of nitrogens with one attached hydrogen (secondary N) is 1. The topological polar surface area (TPSA) is 51.3 Å². The van der Waals surface area contributed by atoms with Crippen molar-refractivity contribution in [2.24, 2.45) is 0 Å². The van der Waals surface area contributed by atoms with Gasteiger partial charge in [0.2, 0.25) is 0 Å². The van der Waals surface area contributed by atoms with Crippen LogP contribution in [0.4, 0.5) is 0 Å². The fraction of sp³-hybridized carbons (Fsp3) is 0.308. The summed E-state index contributed by atoms with van der Waals surface area (Å²) in [5.41, 5.74) is 2.37. The van der Waals surface area contributed by atoms with Gasteiger partial charge in [-0.1, -0.05) is 0 Å². The molecule has 0 bridgehead atoms. The summed E-state index contributed by atoms with van der Waals surface area (Å²) >= 11 is 0. The number of aryl methyl sites for hydroxylation is 1. The number of carbonyl (C=O) groups is 1. The van der Waals surface area contributed by atoms with Crippen LogP contribution in [0.25, 0.3) is 10.9 Å². The third-order valence-electron chi connectivity index (χ3n) is 2.72. The van der Waals surface area contributed by atoms with E-state index in [9.17, 15) is 4.79 Å². The van der Waals surface area contributed by atoms with Gasteiger partial charge in [0, 0.05) is 10.9 Å². The molecule has 0 aliphatic rings. The Labute approximate surface area is 99.5 Å². The maximum Gasteiger partial charge on any atom is 0.354 e. The Morgan fingerprint density at radius 1 is 1.41 bits per heavy atom. The Hall–Kier alpha value is -1.97. The molecule has 0 saturated heterocycles. The van der Waals surface area contributed by atoms with Crippen molar-refractivity contribution in [2.45, 2.75) is 13.8 Å². The van der Waals surface area contributed by atoms with Crippen molar-refractivity contribution >= 4 is 16.9 Å². The molecule has 2 aromatic rings. The highest BCUT2D eigenvalue weighted by Crippen LogP contribution is 2.27. The molecule has 90 valence electrons. The third-order valence-corrected chi connectivity index (χ3v) is 2.72. The van der Waals surface area contributed by atoms with Crippen molar-refractivity contribution in [3.05, 3.63) is 29.5 Å². The van der Waals surface area contributed by atoms with Crippen molar-refractivity contribution in [3.63, 3.8) is 0 Å². The summed E-state index contributed by atoms with van der Waals surface area (Å²) in [5, 5.41) is 0.978. The molecule has 2 rings (SSSR count). The second kappa shape index (κ2) is 4.49. The van der Waals surface area contributed by atoms with E-state index in [1.807, 2.05) is 19.1 Å². The summed E-state index contributed by atoms with van der Waals surface area (Å²) in [6.45, 7) is 4.11. The molecule has 0 fully saturated rings. The maximum atomic E-state index is 11.6. The number of esters is 1. The molecule has 4 heteroatoms. The smallest absolute Gasteiger partial charge is 0.354 e. The number of rotatable bonds is 3. The Morgan fingerprint density at radius 3 is 2.82 bits per heavy atom. The summed E-state index contributed by atoms with van der Waals surface area (Å²) in [4.78, 5) is 14.7. The maximum absolute atomic E-state index is 11.6. The zero-order chi connectivity index (χ0) is 12.4. The van der Waals surface area contributed by atoms with Gasteiger partial charge in [0.05, 0.1) is 19.2 Å². The van der Waals surface area contributed by atoms with Crippen molar-refractivity contribution < 1.29 is 14.3 Å². The molecule has 17 heavy (non-hydrogen) atoms. The predicted octanol–water partition coefficient (Wildman–Crippen LogP) is 2.66. The number of H-pyrrole nitrogens is 1. The number of methoxy groups -OCH3 is 1. The van der Waals surface area contributed by atoms with Gasteiger partial charge < -0.3 is 14.5 Å². The Bertz CT molecular complexity index is 557. The van der Waals surface area contributed by atoms with Gasteiger partial charge in [-0.3, -0.25) is 0 Å². The largest absolute Gasteiger partial charge is 0.496 e. The van der Waals surface area contributed by atoms with E-state index >= 15 is 0 Å². The lowest BCUT2D eigenvalue weighted by atomic mass is 10.1. The minimum Gasteiger partial charge on any atom is -0.496 e. The minimum atomic E-state index is -0.331. The number of fused-ring (bicyclic) bond motifs is 1. The molecule has 0 spiro atoms. The zero-order valence-corrected chi connectivity index (χ0v) is 10.2. The Kier molecular flexibility index (Phi) is 3.04. The van der Waals surface area contributed by atoms with Crippen molar-refractivity contribution in [3.8, 4) is 5.75 Å². The molecule has 1 aromatic heterocycles. The van der Waals surface area contributed by atoms with Crippen LogP contribution < -0.4 is 4.74 Å². The van der Waals surface area contributed by atoms with Crippen LogP contribution in [0.3, 0.4) is 0 Å². The van der Waals surface area contributed by atoms with Gasteiger partial charge in [-0.05, 0) is 32.0 Å². The first-order chi connectivity index (χ1) is 8.17. The zero-order valence-electron chi connectivity index (χ0n) is 10.2. The van der Waals surface area contributed by atoms with E-state index in [2.05, 4.69) is 4.98 Å². The average Bonchev–Trinajstić information content (AvgIpc) is 2.75. The summed E-state index contributed by atoms with van der Waals surface area (Å²) in [5.74, 6) is 0.469. The van der Waals surface area contributed by atoms with Gasteiger partial charge in [0.15, 0.2) is 0 Å². The quantitative estimate of drug-likeness (QED) is 0.829. The predicted molar refractivity (Wildman–Crippen MR) is 65.5 cm³/mol. The highest BCUT2D eigenvalue weighted by atomic mass is 16.5. The van der Waals surface area contributed by atoms with E-state index in [4.69, 9.17) is 9.47 Å². The highest BCUT2D eigenvalue weighted by Gasteiger charge is 2.12. The Balaban J connectivity index is 2.50. The molecule has 0 unspecified atom stereocenters. The van der Waals surface area contributed by atoms with Crippen LogP contribution in [0.15, 0.2) is 18.2 Å². The molecule has 1 N–H and O–H groups in total. The Morgan fingerprint density at radius 2 is 2.18 bits per heavy atom. The first kappa shape index (κ1) is 11.5. The van der Waals surface area contributed by atoms with E-state index in [1.165, 1.54) is 0 Å². The highest BCUT2D eigenvalue weighted by molar-refractivity contribution is 5.96. The SMILES string of the molecule is CCOC(=O)c1cc2ccc(OC)c(C)c2[nH]1. The van der Waals surface area contributed by atoms with Gasteiger partial charge in [0.1, 0.15) is 11.4 Å². The van der Waals surface area contributed by atoms with E-state index in [1.54, 1.807) is 20.1 Å². The van der Waals surface area contributed by atoms with Gasteiger partial charge in [0.25, 0.3) is 0 Å². The monoisotopic (exact) mass is 233 g/mol. The molecule has 0 saturated carbocycles. The second-order valence-electron chi connectivity index (χ2n) is 3.76. The average molecular weight is 233 g/mol. The van der Waals surface area contributed by atoms with Crippen molar-refractivity contribution in [1.82, 2.24) is 4.98 Å². The lowest BCUT2D eigenvalue weighted by Gasteiger charge is -2.04. The molecule has 0 aliphatic heterocycles. The molecule has 1 heterocycles. The first-order valence-corrected chi connectivity index (χ1v) is 5.50. The minimum absolute atomic E-state index is 0.331. The lowest BCUT2D eigenvalue weighted by Crippen LogP contribution is -2.04. The van der Waals surface area contributed by atoms with Crippen LogP contribution in [-0.2, 0) is 4.74 Å². The summed E-state index contributed by atoms with van der Waals surface area (Å²) in [6, 6.07) is 5.60. The molecule has 0 amide bonds. The van der Waals surface area contributed by atoms with Crippen molar-refractivity contribution in [2.75, 3.05) is 13.7 Å². The summed E-state index contributed by atoms with van der Waals surface area (Å²) in [7, 11) is 1.63. The molecule has 0 radical (unpaired) electrons. The number of aromatic nitrogens is 1. The van der Waals surface area contributed by atoms with Crippen LogP contribution >= 0.6 is 0 Å². The number of carbonyl (C=O) groups excluding carboxylic acids is 1. The van der Waals surface area contributed by atoms with Crippen LogP contribution in [0.5, 0.6) is 5.75 Å². The van der Waals surface area contributed by atoms with Gasteiger partial charge >= 0.3 is 5.97 Å². The fourth-order valence-electron chi connectivity index (χ4n) is 1.87. The van der Waals surface area contributed by atoms with Crippen LogP contribution in [0.2, 0.25) is 0 Å². The molecule has 0 atom stereocenters. The fourth-order valence-corrected chi connectivity index (χ4v) is 1.87. The van der Waals surface area contributed by atoms with Crippen LogP contribution in [0, 0.1) is 6.92 Å². The van der Waals surface area contributed by atoms with E-state index in [0.29, 0.717) is 12.3 Å². The van der Waals surface area contributed by atoms with Gasteiger partial charge in [-0.15, -0.1) is 0 Å². The van der Waals surface area contributed by atoms with Crippen LogP contribution in [-0.4, -0.2) is 24.7 Å². The molecular formula is C13H15NO3. The number of benzene rings is 1. The normalized spacial score (nSPS) is 10.5. The van der Waals surface area contributed by atoms with E-state index in [0.717, 1.165) is 22.2 Å². The second-order valence-corrected chi connectivity index (χ2v) is 3.76. The molecule has 1 aromatic carbocycles. The number of hydrogen-bond acceptors (Lipinski definition) is 3. The third kappa shape index (κ3) is 1.98. The summed E-state index contributed by atoms with van der Waals surface area (Å²) < 4.78 is 10.2. The number of aromatic amines is 1. The number of ether oxygens (including phenoxy) is 2. The van der Waals surface area contributed by atoms with Gasteiger partial charge in [-0.25, -0.2) is 4.79 Å². The van der Waals surface area contributed by atoms with E-state index < -0.39 is 0 Å². The van der Waals surface area contributed by atoms with E-state index in [-0.39, 0.29) is 5.97 Å². The summed E-state index contributed by atoms with van der Waals surface area (Å²) in [6.07, 6.45) is 0. The number of hydrogen-bond donors (Lipinski definition) is 1. The molecular weight excluding hydrogens is 218 g/mol.